The van der Waals surface area contributed by atoms with Crippen LogP contribution >= 0.6 is 24.0 Å². The number of halogens is 2. The van der Waals surface area contributed by atoms with Crippen molar-refractivity contribution in [3.8, 4) is 0 Å². The number of benzene rings is 1. The fourth-order valence-corrected chi connectivity index (χ4v) is 2.53. The number of aliphatic hydroxyl groups is 1. The second-order valence-electron chi connectivity index (χ2n) is 4.68. The lowest BCUT2D eigenvalue weighted by Crippen LogP contribution is -2.39. The van der Waals surface area contributed by atoms with Crippen LogP contribution in [0, 0.1) is 5.92 Å². The molecule has 96 valence electrons. The molecule has 0 amide bonds. The van der Waals surface area contributed by atoms with Crippen molar-refractivity contribution in [3.05, 3.63) is 34.9 Å². The van der Waals surface area contributed by atoms with Gasteiger partial charge in [-0.2, -0.15) is 0 Å². The molecule has 1 fully saturated rings. The molecule has 1 aliphatic rings. The molecule has 0 radical (unpaired) electrons. The second kappa shape index (κ2) is 6.05. The number of hydrogen-bond acceptors (Lipinski definition) is 2. The van der Waals surface area contributed by atoms with Gasteiger partial charge in [0.25, 0.3) is 0 Å². The predicted molar refractivity (Wildman–Crippen MR) is 73.9 cm³/mol. The molecule has 1 aromatic rings. The third-order valence-electron chi connectivity index (χ3n) is 3.56. The summed E-state index contributed by atoms with van der Waals surface area (Å²) >= 11 is 5.86. The van der Waals surface area contributed by atoms with Crippen LogP contribution in [0.3, 0.4) is 0 Å². The van der Waals surface area contributed by atoms with E-state index in [4.69, 9.17) is 11.6 Å². The van der Waals surface area contributed by atoms with E-state index in [2.05, 4.69) is 5.32 Å². The fraction of sp³-hybridized carbons (Fsp3) is 0.538. The van der Waals surface area contributed by atoms with Crippen molar-refractivity contribution < 1.29 is 5.11 Å². The molecule has 1 aromatic carbocycles. The van der Waals surface area contributed by atoms with Gasteiger partial charge in [-0.1, -0.05) is 23.7 Å². The predicted octanol–water partition coefficient (Wildman–Crippen LogP) is 2.97. The summed E-state index contributed by atoms with van der Waals surface area (Å²) in [5.74, 6) is 0.329. The van der Waals surface area contributed by atoms with Crippen molar-refractivity contribution in [1.82, 2.24) is 5.32 Å². The van der Waals surface area contributed by atoms with Gasteiger partial charge < -0.3 is 10.4 Å². The van der Waals surface area contributed by atoms with E-state index in [9.17, 15) is 5.11 Å². The Bertz CT molecular complexity index is 345. The summed E-state index contributed by atoms with van der Waals surface area (Å²) in [4.78, 5) is 0. The average Bonchev–Trinajstić information content (AvgIpc) is 2.31. The SMILES string of the molecule is CC(O)(c1ccc(Cl)cc1)C1CCNCC1.Cl. The molecular formula is C13H19Cl2NO. The summed E-state index contributed by atoms with van der Waals surface area (Å²) in [5, 5.41) is 14.7. The van der Waals surface area contributed by atoms with Crippen molar-refractivity contribution in [1.29, 1.82) is 0 Å². The lowest BCUT2D eigenvalue weighted by Gasteiger charge is -2.36. The largest absolute Gasteiger partial charge is 0.385 e. The van der Waals surface area contributed by atoms with Gasteiger partial charge in [-0.3, -0.25) is 0 Å². The monoisotopic (exact) mass is 275 g/mol. The van der Waals surface area contributed by atoms with Crippen molar-refractivity contribution in [2.75, 3.05) is 13.1 Å². The molecule has 0 bridgehead atoms. The van der Waals surface area contributed by atoms with Crippen LogP contribution in [0.1, 0.15) is 25.3 Å². The molecule has 2 N–H and O–H groups in total. The molecule has 0 saturated carbocycles. The molecule has 1 atom stereocenters. The summed E-state index contributed by atoms with van der Waals surface area (Å²) in [6.07, 6.45) is 2.05. The van der Waals surface area contributed by atoms with Gasteiger partial charge >= 0.3 is 0 Å². The Morgan fingerprint density at radius 2 is 1.76 bits per heavy atom. The Balaban J connectivity index is 0.00000144. The van der Waals surface area contributed by atoms with Crippen molar-refractivity contribution in [2.45, 2.75) is 25.4 Å². The van der Waals surface area contributed by atoms with Crippen molar-refractivity contribution >= 4 is 24.0 Å². The number of nitrogens with one attached hydrogen (secondary N) is 1. The van der Waals surface area contributed by atoms with Gasteiger partial charge in [-0.05, 0) is 56.5 Å². The number of piperidine rings is 1. The van der Waals surface area contributed by atoms with Crippen molar-refractivity contribution in [3.63, 3.8) is 0 Å². The fourth-order valence-electron chi connectivity index (χ4n) is 2.41. The minimum Gasteiger partial charge on any atom is -0.385 e. The van der Waals surface area contributed by atoms with Crippen LogP contribution in [0.25, 0.3) is 0 Å². The Labute approximate surface area is 114 Å². The van der Waals surface area contributed by atoms with E-state index in [1.165, 1.54) is 0 Å². The molecule has 0 aromatic heterocycles. The molecule has 0 aliphatic carbocycles. The zero-order valence-corrected chi connectivity index (χ0v) is 11.5. The first-order chi connectivity index (χ1) is 7.60. The molecule has 0 spiro atoms. The Kier molecular flexibility index (Phi) is 5.26. The van der Waals surface area contributed by atoms with E-state index in [1.54, 1.807) is 0 Å². The Morgan fingerprint density at radius 3 is 2.29 bits per heavy atom. The smallest absolute Gasteiger partial charge is 0.0897 e. The molecule has 2 nitrogen and oxygen atoms in total. The quantitative estimate of drug-likeness (QED) is 0.870. The molecule has 1 aliphatic heterocycles. The van der Waals surface area contributed by atoms with E-state index in [-0.39, 0.29) is 12.4 Å². The maximum absolute atomic E-state index is 10.6. The summed E-state index contributed by atoms with van der Waals surface area (Å²) in [5.41, 5.74) is 0.218. The van der Waals surface area contributed by atoms with E-state index < -0.39 is 5.60 Å². The minimum atomic E-state index is -0.743. The highest BCUT2D eigenvalue weighted by atomic mass is 35.5. The van der Waals surface area contributed by atoms with Crippen LogP contribution in [0.2, 0.25) is 5.02 Å². The van der Waals surface area contributed by atoms with E-state index in [0.29, 0.717) is 10.9 Å². The molecule has 2 rings (SSSR count). The Hall–Kier alpha value is -0.280. The third-order valence-corrected chi connectivity index (χ3v) is 3.81. The molecule has 4 heteroatoms. The third kappa shape index (κ3) is 3.35. The maximum atomic E-state index is 10.6. The first-order valence-electron chi connectivity index (χ1n) is 5.80. The normalized spacial score (nSPS) is 20.4. The molecule has 1 saturated heterocycles. The van der Waals surface area contributed by atoms with Crippen molar-refractivity contribution in [2.24, 2.45) is 5.92 Å². The van der Waals surface area contributed by atoms with Crippen LogP contribution in [0.5, 0.6) is 0 Å². The van der Waals surface area contributed by atoms with Gasteiger partial charge in [0.05, 0.1) is 5.60 Å². The van der Waals surface area contributed by atoms with Gasteiger partial charge in [0.15, 0.2) is 0 Å². The topological polar surface area (TPSA) is 32.3 Å². The first-order valence-corrected chi connectivity index (χ1v) is 6.17. The average molecular weight is 276 g/mol. The number of hydrogen-bond donors (Lipinski definition) is 2. The van der Waals surface area contributed by atoms with Crippen LogP contribution in [0.4, 0.5) is 0 Å². The minimum absolute atomic E-state index is 0. The van der Waals surface area contributed by atoms with Gasteiger partial charge in [-0.15, -0.1) is 12.4 Å². The molecule has 17 heavy (non-hydrogen) atoms. The van der Waals surface area contributed by atoms with Gasteiger partial charge in [0, 0.05) is 5.02 Å². The number of rotatable bonds is 2. The highest BCUT2D eigenvalue weighted by Gasteiger charge is 2.34. The summed E-state index contributed by atoms with van der Waals surface area (Å²) < 4.78 is 0. The Morgan fingerprint density at radius 1 is 1.24 bits per heavy atom. The van der Waals surface area contributed by atoms with Crippen LogP contribution < -0.4 is 5.32 Å². The van der Waals surface area contributed by atoms with Gasteiger partial charge in [0.1, 0.15) is 0 Å². The molecular weight excluding hydrogens is 257 g/mol. The van der Waals surface area contributed by atoms with Crippen LogP contribution in [0.15, 0.2) is 24.3 Å². The maximum Gasteiger partial charge on any atom is 0.0897 e. The molecule has 1 unspecified atom stereocenters. The molecule has 1 heterocycles. The summed E-state index contributed by atoms with van der Waals surface area (Å²) in [6.45, 7) is 3.90. The highest BCUT2D eigenvalue weighted by molar-refractivity contribution is 6.30. The van der Waals surface area contributed by atoms with Crippen LogP contribution in [-0.4, -0.2) is 18.2 Å². The first kappa shape index (κ1) is 14.8. The lowest BCUT2D eigenvalue weighted by molar-refractivity contribution is -0.0186. The lowest BCUT2D eigenvalue weighted by atomic mass is 9.78. The van der Waals surface area contributed by atoms with E-state index in [1.807, 2.05) is 31.2 Å². The van der Waals surface area contributed by atoms with E-state index in [0.717, 1.165) is 31.5 Å². The summed E-state index contributed by atoms with van der Waals surface area (Å²) in [6, 6.07) is 7.52. The standard InChI is InChI=1S/C13H18ClNO.ClH/c1-13(16,11-6-8-15-9-7-11)10-2-4-12(14)5-3-10;/h2-5,11,15-16H,6-9H2,1H3;1H. The zero-order valence-electron chi connectivity index (χ0n) is 9.95. The second-order valence-corrected chi connectivity index (χ2v) is 5.12. The van der Waals surface area contributed by atoms with Gasteiger partial charge in [0.2, 0.25) is 0 Å². The highest BCUT2D eigenvalue weighted by Crippen LogP contribution is 2.35. The zero-order chi connectivity index (χ0) is 11.6. The van der Waals surface area contributed by atoms with Crippen LogP contribution in [-0.2, 0) is 5.60 Å². The summed E-state index contributed by atoms with van der Waals surface area (Å²) in [7, 11) is 0. The van der Waals surface area contributed by atoms with E-state index >= 15 is 0 Å². The van der Waals surface area contributed by atoms with Gasteiger partial charge in [-0.25, -0.2) is 0 Å².